The summed E-state index contributed by atoms with van der Waals surface area (Å²) in [6.45, 7) is 3.82. The van der Waals surface area contributed by atoms with Crippen molar-refractivity contribution >= 4 is 26.0 Å². The van der Waals surface area contributed by atoms with E-state index in [4.69, 9.17) is 9.47 Å². The highest BCUT2D eigenvalue weighted by molar-refractivity contribution is 9.10. The van der Waals surface area contributed by atoms with Crippen LogP contribution in [0.3, 0.4) is 0 Å². The number of halogens is 1. The van der Waals surface area contributed by atoms with Crippen LogP contribution in [0.5, 0.6) is 0 Å². The highest BCUT2D eigenvalue weighted by Gasteiger charge is 2.16. The van der Waals surface area contributed by atoms with Crippen LogP contribution in [0.1, 0.15) is 12.0 Å². The monoisotopic (exact) mass is 365 g/mol. The number of sulfonamides is 1. The van der Waals surface area contributed by atoms with E-state index in [1.54, 1.807) is 25.3 Å². The van der Waals surface area contributed by atoms with Gasteiger partial charge in [-0.05, 0) is 47.0 Å². The van der Waals surface area contributed by atoms with Gasteiger partial charge in [-0.15, -0.1) is 0 Å². The zero-order valence-electron chi connectivity index (χ0n) is 11.7. The van der Waals surface area contributed by atoms with Crippen molar-refractivity contribution < 1.29 is 17.9 Å². The Kier molecular flexibility index (Phi) is 7.68. The molecule has 0 atom stereocenters. The maximum Gasteiger partial charge on any atom is 0.241 e. The molecule has 0 aliphatic carbocycles. The van der Waals surface area contributed by atoms with Crippen LogP contribution >= 0.6 is 15.9 Å². The lowest BCUT2D eigenvalue weighted by Crippen LogP contribution is -2.26. The molecular formula is C13H20BrNO4S. The molecule has 7 heteroatoms. The summed E-state index contributed by atoms with van der Waals surface area (Å²) in [5.74, 6) is 0. The van der Waals surface area contributed by atoms with Gasteiger partial charge >= 0.3 is 0 Å². The molecule has 0 heterocycles. The van der Waals surface area contributed by atoms with Crippen LogP contribution in [-0.2, 0) is 19.5 Å². The molecule has 0 saturated carbocycles. The summed E-state index contributed by atoms with van der Waals surface area (Å²) in [6.07, 6.45) is 0.617. The van der Waals surface area contributed by atoms with E-state index in [1.165, 1.54) is 0 Å². The largest absolute Gasteiger partial charge is 0.382 e. The molecule has 20 heavy (non-hydrogen) atoms. The van der Waals surface area contributed by atoms with Gasteiger partial charge in [0.05, 0.1) is 18.1 Å². The van der Waals surface area contributed by atoms with Crippen molar-refractivity contribution in [1.82, 2.24) is 4.72 Å². The molecule has 0 bridgehead atoms. The molecule has 0 amide bonds. The van der Waals surface area contributed by atoms with Gasteiger partial charge in [0, 0.05) is 24.7 Å². The van der Waals surface area contributed by atoms with Gasteiger partial charge in [0.1, 0.15) is 0 Å². The molecule has 0 aromatic heterocycles. The summed E-state index contributed by atoms with van der Waals surface area (Å²) in [5.41, 5.74) is 1.00. The summed E-state index contributed by atoms with van der Waals surface area (Å²) in [5, 5.41) is 0. The van der Waals surface area contributed by atoms with Gasteiger partial charge in [0.25, 0.3) is 0 Å². The van der Waals surface area contributed by atoms with E-state index in [9.17, 15) is 8.42 Å². The summed E-state index contributed by atoms with van der Waals surface area (Å²) in [7, 11) is -1.87. The summed E-state index contributed by atoms with van der Waals surface area (Å²) in [6, 6.07) is 5.15. The van der Waals surface area contributed by atoms with Gasteiger partial charge in [0.15, 0.2) is 0 Å². The Labute approximate surface area is 128 Å². The molecule has 1 rings (SSSR count). The molecule has 1 aromatic rings. The second-order valence-electron chi connectivity index (χ2n) is 4.29. The third kappa shape index (κ3) is 5.88. The van der Waals surface area contributed by atoms with Crippen LogP contribution in [0.25, 0.3) is 0 Å². The van der Waals surface area contributed by atoms with E-state index < -0.39 is 10.0 Å². The van der Waals surface area contributed by atoms with Crippen molar-refractivity contribution in [3.8, 4) is 0 Å². The van der Waals surface area contributed by atoms with Crippen LogP contribution in [0.4, 0.5) is 0 Å². The van der Waals surface area contributed by atoms with Crippen molar-refractivity contribution in [3.63, 3.8) is 0 Å². The molecule has 0 unspecified atom stereocenters. The molecule has 1 N–H and O–H groups in total. The fourth-order valence-electron chi connectivity index (χ4n) is 1.53. The van der Waals surface area contributed by atoms with E-state index in [2.05, 4.69) is 20.7 Å². The molecule has 0 saturated heterocycles. The molecule has 0 aliphatic heterocycles. The van der Waals surface area contributed by atoms with Gasteiger partial charge in [0.2, 0.25) is 10.0 Å². The molecule has 114 valence electrons. The first-order valence-corrected chi connectivity index (χ1v) is 8.57. The van der Waals surface area contributed by atoms with Gasteiger partial charge in [-0.25, -0.2) is 13.1 Å². The second-order valence-corrected chi connectivity index (χ2v) is 6.88. The standard InChI is InChI=1S/C13H20BrNO4S/c1-11-4-5-13(12(14)10-11)20(16,17)15-6-3-7-19-9-8-18-2/h4-5,10,15H,3,6-9H2,1-2H3. The van der Waals surface area contributed by atoms with Crippen LogP contribution in [0.2, 0.25) is 0 Å². The zero-order valence-corrected chi connectivity index (χ0v) is 14.1. The zero-order chi connectivity index (χ0) is 15.0. The van der Waals surface area contributed by atoms with E-state index >= 15 is 0 Å². The Balaban J connectivity index is 2.42. The lowest BCUT2D eigenvalue weighted by molar-refractivity contribution is 0.0699. The maximum absolute atomic E-state index is 12.1. The van der Waals surface area contributed by atoms with Gasteiger partial charge in [-0.1, -0.05) is 6.07 Å². The molecule has 1 aromatic carbocycles. The minimum absolute atomic E-state index is 0.253. The fraction of sp³-hybridized carbons (Fsp3) is 0.538. The number of hydrogen-bond donors (Lipinski definition) is 1. The normalized spacial score (nSPS) is 11.8. The summed E-state index contributed by atoms with van der Waals surface area (Å²) >= 11 is 3.28. The molecule has 0 fully saturated rings. The fourth-order valence-corrected chi connectivity index (χ4v) is 3.79. The third-order valence-electron chi connectivity index (χ3n) is 2.57. The van der Waals surface area contributed by atoms with Crippen molar-refractivity contribution in [2.75, 3.05) is 33.5 Å². The molecule has 0 spiro atoms. The average Bonchev–Trinajstić information content (AvgIpc) is 2.37. The van der Waals surface area contributed by atoms with E-state index in [0.29, 0.717) is 37.3 Å². The Hall–Kier alpha value is -0.470. The van der Waals surface area contributed by atoms with E-state index in [-0.39, 0.29) is 4.90 Å². The smallest absolute Gasteiger partial charge is 0.241 e. The van der Waals surface area contributed by atoms with Crippen LogP contribution in [0, 0.1) is 6.92 Å². The minimum Gasteiger partial charge on any atom is -0.382 e. The number of benzene rings is 1. The average molecular weight is 366 g/mol. The third-order valence-corrected chi connectivity index (χ3v) is 5.00. The highest BCUT2D eigenvalue weighted by Crippen LogP contribution is 2.22. The maximum atomic E-state index is 12.1. The van der Waals surface area contributed by atoms with E-state index in [0.717, 1.165) is 5.56 Å². The first-order valence-electron chi connectivity index (χ1n) is 6.30. The molecule has 0 radical (unpaired) electrons. The van der Waals surface area contributed by atoms with Crippen molar-refractivity contribution in [3.05, 3.63) is 28.2 Å². The first kappa shape index (κ1) is 17.6. The SMILES string of the molecule is COCCOCCCNS(=O)(=O)c1ccc(C)cc1Br. The number of hydrogen-bond acceptors (Lipinski definition) is 4. The van der Waals surface area contributed by atoms with Crippen LogP contribution in [-0.4, -0.2) is 41.9 Å². The van der Waals surface area contributed by atoms with Crippen molar-refractivity contribution in [2.24, 2.45) is 0 Å². The van der Waals surface area contributed by atoms with Crippen molar-refractivity contribution in [2.45, 2.75) is 18.2 Å². The molecule has 5 nitrogen and oxygen atoms in total. The molecule has 0 aliphatic rings. The Bertz CT molecular complexity index is 519. The van der Waals surface area contributed by atoms with E-state index in [1.807, 2.05) is 6.92 Å². The van der Waals surface area contributed by atoms with Gasteiger partial charge in [-0.2, -0.15) is 0 Å². The lowest BCUT2D eigenvalue weighted by Gasteiger charge is -2.09. The number of rotatable bonds is 9. The second kappa shape index (κ2) is 8.74. The number of methoxy groups -OCH3 is 1. The van der Waals surface area contributed by atoms with Gasteiger partial charge < -0.3 is 9.47 Å². The first-order chi connectivity index (χ1) is 9.47. The molecular weight excluding hydrogens is 346 g/mol. The topological polar surface area (TPSA) is 64.6 Å². The quantitative estimate of drug-likeness (QED) is 0.680. The Morgan fingerprint density at radius 1 is 1.25 bits per heavy atom. The van der Waals surface area contributed by atoms with Gasteiger partial charge in [-0.3, -0.25) is 0 Å². The summed E-state index contributed by atoms with van der Waals surface area (Å²) in [4.78, 5) is 0.253. The predicted molar refractivity (Wildman–Crippen MR) is 81.4 cm³/mol. The van der Waals surface area contributed by atoms with Crippen LogP contribution in [0.15, 0.2) is 27.6 Å². The minimum atomic E-state index is -3.48. The number of aryl methyl sites for hydroxylation is 1. The van der Waals surface area contributed by atoms with Crippen molar-refractivity contribution in [1.29, 1.82) is 0 Å². The number of nitrogens with one attached hydrogen (secondary N) is 1. The predicted octanol–water partition coefficient (Wildman–Crippen LogP) is 2.09. The lowest BCUT2D eigenvalue weighted by atomic mass is 10.2. The summed E-state index contributed by atoms with van der Waals surface area (Å²) < 4.78 is 37.4. The number of ether oxygens (including phenoxy) is 2. The Morgan fingerprint density at radius 2 is 2.00 bits per heavy atom. The highest BCUT2D eigenvalue weighted by atomic mass is 79.9. The van der Waals surface area contributed by atoms with Crippen LogP contribution < -0.4 is 4.72 Å². The Morgan fingerprint density at radius 3 is 2.65 bits per heavy atom.